The Labute approximate surface area is 198 Å². The lowest BCUT2D eigenvalue weighted by molar-refractivity contribution is 0.477. The number of benzene rings is 1. The van der Waals surface area contributed by atoms with Crippen molar-refractivity contribution >= 4 is 34.8 Å². The molecule has 164 valence electrons. The SMILES string of the molecule is CC(CCC(CCC(C)c1ccnc(Cl)c1F)c1ccccc1)c1cnc(Cl)c(Cl)c1. The van der Waals surface area contributed by atoms with E-state index in [2.05, 4.69) is 41.2 Å². The van der Waals surface area contributed by atoms with Crippen LogP contribution in [0.5, 0.6) is 0 Å². The first-order valence-corrected chi connectivity index (χ1v) is 11.7. The maximum atomic E-state index is 14.4. The van der Waals surface area contributed by atoms with Gasteiger partial charge < -0.3 is 0 Å². The summed E-state index contributed by atoms with van der Waals surface area (Å²) in [4.78, 5) is 8.00. The third-order valence-electron chi connectivity index (χ3n) is 5.96. The Morgan fingerprint density at radius 2 is 1.48 bits per heavy atom. The third kappa shape index (κ3) is 6.41. The second kappa shape index (κ2) is 11.3. The average molecular weight is 480 g/mol. The molecule has 3 aromatic rings. The van der Waals surface area contributed by atoms with Crippen LogP contribution in [0.25, 0.3) is 0 Å². The lowest BCUT2D eigenvalue weighted by atomic mass is 9.83. The molecule has 2 aromatic heterocycles. The topological polar surface area (TPSA) is 25.8 Å². The van der Waals surface area contributed by atoms with Crippen LogP contribution in [-0.4, -0.2) is 9.97 Å². The molecule has 0 N–H and O–H groups in total. The zero-order valence-electron chi connectivity index (χ0n) is 17.7. The van der Waals surface area contributed by atoms with E-state index < -0.39 is 5.82 Å². The second-order valence-corrected chi connectivity index (χ2v) is 9.23. The fourth-order valence-corrected chi connectivity index (χ4v) is 4.39. The van der Waals surface area contributed by atoms with Gasteiger partial charge in [0.25, 0.3) is 0 Å². The van der Waals surface area contributed by atoms with E-state index in [1.54, 1.807) is 18.5 Å². The molecule has 0 spiro atoms. The highest BCUT2D eigenvalue weighted by Gasteiger charge is 2.19. The lowest BCUT2D eigenvalue weighted by Gasteiger charge is -2.22. The summed E-state index contributed by atoms with van der Waals surface area (Å²) < 4.78 is 14.4. The van der Waals surface area contributed by atoms with Crippen molar-refractivity contribution in [3.63, 3.8) is 0 Å². The van der Waals surface area contributed by atoms with E-state index in [9.17, 15) is 4.39 Å². The summed E-state index contributed by atoms with van der Waals surface area (Å²) in [6, 6.07) is 14.1. The Bertz CT molecular complexity index is 997. The highest BCUT2D eigenvalue weighted by Crippen LogP contribution is 2.35. The minimum atomic E-state index is -0.409. The van der Waals surface area contributed by atoms with E-state index in [-0.39, 0.29) is 11.1 Å². The van der Waals surface area contributed by atoms with E-state index >= 15 is 0 Å². The van der Waals surface area contributed by atoms with Crippen LogP contribution in [0, 0.1) is 5.82 Å². The van der Waals surface area contributed by atoms with Crippen molar-refractivity contribution in [3.8, 4) is 0 Å². The van der Waals surface area contributed by atoms with Gasteiger partial charge in [-0.2, -0.15) is 0 Å². The van der Waals surface area contributed by atoms with Gasteiger partial charge in [-0.1, -0.05) is 79.0 Å². The number of halogens is 4. The minimum absolute atomic E-state index is 0.0587. The lowest BCUT2D eigenvalue weighted by Crippen LogP contribution is -2.06. The maximum absolute atomic E-state index is 14.4. The summed E-state index contributed by atoms with van der Waals surface area (Å²) in [6.45, 7) is 4.22. The van der Waals surface area contributed by atoms with E-state index in [0.29, 0.717) is 27.6 Å². The van der Waals surface area contributed by atoms with Crippen LogP contribution < -0.4 is 0 Å². The molecule has 3 atom stereocenters. The number of rotatable bonds is 9. The molecule has 0 saturated carbocycles. The van der Waals surface area contributed by atoms with Gasteiger partial charge in [-0.15, -0.1) is 0 Å². The van der Waals surface area contributed by atoms with Gasteiger partial charge in [-0.3, -0.25) is 0 Å². The molecular weight excluding hydrogens is 454 g/mol. The molecule has 0 amide bonds. The zero-order valence-corrected chi connectivity index (χ0v) is 19.9. The van der Waals surface area contributed by atoms with Crippen LogP contribution in [0.4, 0.5) is 4.39 Å². The van der Waals surface area contributed by atoms with Crippen LogP contribution in [0.3, 0.4) is 0 Å². The molecule has 0 aliphatic rings. The monoisotopic (exact) mass is 478 g/mol. The van der Waals surface area contributed by atoms with Crippen molar-refractivity contribution in [2.75, 3.05) is 0 Å². The van der Waals surface area contributed by atoms with Crippen LogP contribution in [0.2, 0.25) is 15.3 Å². The van der Waals surface area contributed by atoms with Crippen LogP contribution in [-0.2, 0) is 0 Å². The fraction of sp³-hybridized carbons (Fsp3) is 0.360. The fourth-order valence-electron chi connectivity index (χ4n) is 3.95. The van der Waals surface area contributed by atoms with Crippen molar-refractivity contribution in [1.82, 2.24) is 9.97 Å². The molecule has 0 aliphatic heterocycles. The Morgan fingerprint density at radius 1 is 0.806 bits per heavy atom. The normalized spacial score (nSPS) is 14.3. The molecule has 3 unspecified atom stereocenters. The van der Waals surface area contributed by atoms with E-state index in [1.807, 2.05) is 19.1 Å². The molecule has 0 bridgehead atoms. The van der Waals surface area contributed by atoms with Gasteiger partial charge >= 0.3 is 0 Å². The minimum Gasteiger partial charge on any atom is -0.243 e. The molecular formula is C25H26Cl3FN2. The Balaban J connectivity index is 1.68. The Morgan fingerprint density at radius 3 is 2.16 bits per heavy atom. The van der Waals surface area contributed by atoms with Crippen LogP contribution in [0.15, 0.2) is 54.9 Å². The first-order valence-electron chi connectivity index (χ1n) is 10.5. The number of aromatic nitrogens is 2. The largest absolute Gasteiger partial charge is 0.243 e. The second-order valence-electron chi connectivity index (χ2n) is 8.11. The quantitative estimate of drug-likeness (QED) is 0.286. The maximum Gasteiger partial charge on any atom is 0.165 e. The standard InChI is InChI=1S/C25H26Cl3FN2/c1-16(20-14-22(26)24(27)31-15-20)8-10-19(18-6-4-3-5-7-18)11-9-17(2)21-12-13-30-25(28)23(21)29/h3-7,12-17,19H,8-11H2,1-2H3. The molecule has 6 heteroatoms. The smallest absolute Gasteiger partial charge is 0.165 e. The first-order chi connectivity index (χ1) is 14.9. The highest BCUT2D eigenvalue weighted by atomic mass is 35.5. The number of pyridine rings is 2. The number of hydrogen-bond acceptors (Lipinski definition) is 2. The van der Waals surface area contributed by atoms with Crippen LogP contribution >= 0.6 is 34.8 Å². The van der Waals surface area contributed by atoms with E-state index in [4.69, 9.17) is 34.8 Å². The Kier molecular flexibility index (Phi) is 8.71. The summed E-state index contributed by atoms with van der Waals surface area (Å²) in [6.07, 6.45) is 7.19. The van der Waals surface area contributed by atoms with Crippen LogP contribution in [0.1, 0.15) is 74.0 Å². The first kappa shape index (κ1) is 24.0. The molecule has 2 heterocycles. The van der Waals surface area contributed by atoms with Crippen molar-refractivity contribution in [2.24, 2.45) is 0 Å². The summed E-state index contributed by atoms with van der Waals surface area (Å²) in [5.41, 5.74) is 3.02. The summed E-state index contributed by atoms with van der Waals surface area (Å²) in [7, 11) is 0. The predicted molar refractivity (Wildman–Crippen MR) is 128 cm³/mol. The predicted octanol–water partition coefficient (Wildman–Crippen LogP) is 8.83. The van der Waals surface area contributed by atoms with Crippen molar-refractivity contribution < 1.29 is 4.39 Å². The molecule has 3 rings (SSSR count). The van der Waals surface area contributed by atoms with Gasteiger partial charge in [0, 0.05) is 12.4 Å². The van der Waals surface area contributed by atoms with E-state index in [0.717, 1.165) is 31.2 Å². The van der Waals surface area contributed by atoms with Gasteiger partial charge in [-0.25, -0.2) is 14.4 Å². The zero-order chi connectivity index (χ0) is 22.4. The molecule has 31 heavy (non-hydrogen) atoms. The average Bonchev–Trinajstić information content (AvgIpc) is 2.77. The number of hydrogen-bond donors (Lipinski definition) is 0. The Hall–Kier alpha value is -1.68. The summed E-state index contributed by atoms with van der Waals surface area (Å²) in [5, 5.41) is 0.753. The molecule has 0 fully saturated rings. The molecule has 1 aromatic carbocycles. The molecule has 2 nitrogen and oxygen atoms in total. The third-order valence-corrected chi connectivity index (χ3v) is 6.91. The van der Waals surface area contributed by atoms with Gasteiger partial charge in [0.15, 0.2) is 11.0 Å². The van der Waals surface area contributed by atoms with Gasteiger partial charge in [0.2, 0.25) is 0 Å². The number of nitrogens with zero attached hydrogens (tertiary/aromatic N) is 2. The molecule has 0 aliphatic carbocycles. The highest BCUT2D eigenvalue weighted by molar-refractivity contribution is 6.41. The van der Waals surface area contributed by atoms with Gasteiger partial charge in [0.1, 0.15) is 5.15 Å². The molecule has 0 saturated heterocycles. The van der Waals surface area contributed by atoms with Gasteiger partial charge in [-0.05, 0) is 72.3 Å². The van der Waals surface area contributed by atoms with Crippen molar-refractivity contribution in [1.29, 1.82) is 0 Å². The van der Waals surface area contributed by atoms with E-state index in [1.165, 1.54) is 5.56 Å². The van der Waals surface area contributed by atoms with Gasteiger partial charge in [0.05, 0.1) is 5.02 Å². The van der Waals surface area contributed by atoms with Crippen molar-refractivity contribution in [3.05, 3.63) is 92.7 Å². The summed E-state index contributed by atoms with van der Waals surface area (Å²) >= 11 is 18.0. The van der Waals surface area contributed by atoms with Crippen molar-refractivity contribution in [2.45, 2.75) is 57.3 Å². The molecule has 0 radical (unpaired) electrons. The summed E-state index contributed by atoms with van der Waals surface area (Å²) in [5.74, 6) is 0.335.